The smallest absolute Gasteiger partial charge is 0.328 e. The number of carboxylic acid groups (broad SMARTS) is 1. The quantitative estimate of drug-likeness (QED) is 0.714. The molecule has 66 valence electrons. The summed E-state index contributed by atoms with van der Waals surface area (Å²) in [6.07, 6.45) is 4.38. The fourth-order valence-electron chi connectivity index (χ4n) is 0.957. The molecular weight excluding hydrogens is 164 g/mol. The summed E-state index contributed by atoms with van der Waals surface area (Å²) in [5.74, 6) is -0.941. The molecule has 0 aromatic heterocycles. The summed E-state index contributed by atoms with van der Waals surface area (Å²) in [6, 6.07) is 7.47. The van der Waals surface area contributed by atoms with Crippen LogP contribution < -0.4 is 0 Å². The normalized spacial score (nSPS) is 10.2. The molecule has 1 N–H and O–H groups in total. The second kappa shape index (κ2) is 4.26. The van der Waals surface area contributed by atoms with Crippen LogP contribution in [0.1, 0.15) is 11.1 Å². The van der Waals surface area contributed by atoms with Crippen molar-refractivity contribution < 1.29 is 9.90 Å². The molecule has 13 heavy (non-hydrogen) atoms. The number of rotatable bonds is 3. The lowest BCUT2D eigenvalue weighted by Crippen LogP contribution is -1.85. The SMILES string of the molecule is C=Cc1cccc(C=CC(=O)O)c1. The molecule has 1 aromatic rings. The molecule has 0 saturated carbocycles. The lowest BCUT2D eigenvalue weighted by molar-refractivity contribution is -0.131. The van der Waals surface area contributed by atoms with E-state index >= 15 is 0 Å². The summed E-state index contributed by atoms with van der Waals surface area (Å²) in [4.78, 5) is 10.2. The third-order valence-electron chi connectivity index (χ3n) is 1.56. The highest BCUT2D eigenvalue weighted by molar-refractivity contribution is 5.85. The van der Waals surface area contributed by atoms with Crippen molar-refractivity contribution in [3.63, 3.8) is 0 Å². The second-order valence-corrected chi connectivity index (χ2v) is 2.55. The maximum atomic E-state index is 10.2. The van der Waals surface area contributed by atoms with Crippen LogP contribution in [0, 0.1) is 0 Å². The van der Waals surface area contributed by atoms with Gasteiger partial charge in [0.1, 0.15) is 0 Å². The minimum atomic E-state index is -0.941. The number of hydrogen-bond donors (Lipinski definition) is 1. The molecule has 0 saturated heterocycles. The number of carboxylic acids is 1. The van der Waals surface area contributed by atoms with Crippen molar-refractivity contribution >= 4 is 18.1 Å². The van der Waals surface area contributed by atoms with Gasteiger partial charge in [-0.1, -0.05) is 30.9 Å². The highest BCUT2D eigenvalue weighted by Gasteiger charge is 1.90. The van der Waals surface area contributed by atoms with Gasteiger partial charge in [0.15, 0.2) is 0 Å². The zero-order chi connectivity index (χ0) is 9.68. The Bertz CT molecular complexity index is 351. The molecule has 1 rings (SSSR count). The molecule has 0 heterocycles. The zero-order valence-electron chi connectivity index (χ0n) is 7.10. The van der Waals surface area contributed by atoms with E-state index in [1.165, 1.54) is 0 Å². The Kier molecular flexibility index (Phi) is 3.03. The standard InChI is InChI=1S/C11H10O2/c1-2-9-4-3-5-10(8-9)6-7-11(12)13/h2-8H,1H2,(H,12,13). The molecule has 0 aliphatic carbocycles. The van der Waals surface area contributed by atoms with Gasteiger partial charge in [-0.05, 0) is 23.3 Å². The van der Waals surface area contributed by atoms with Gasteiger partial charge in [-0.3, -0.25) is 0 Å². The molecule has 0 fully saturated rings. The van der Waals surface area contributed by atoms with Gasteiger partial charge in [0.25, 0.3) is 0 Å². The van der Waals surface area contributed by atoms with E-state index in [-0.39, 0.29) is 0 Å². The first-order valence-electron chi connectivity index (χ1n) is 3.86. The van der Waals surface area contributed by atoms with Gasteiger partial charge in [-0.2, -0.15) is 0 Å². The summed E-state index contributed by atoms with van der Waals surface area (Å²) in [7, 11) is 0. The monoisotopic (exact) mass is 174 g/mol. The van der Waals surface area contributed by atoms with Crippen molar-refractivity contribution in [3.8, 4) is 0 Å². The lowest BCUT2D eigenvalue weighted by atomic mass is 10.1. The van der Waals surface area contributed by atoms with Crippen LogP contribution in [0.2, 0.25) is 0 Å². The van der Waals surface area contributed by atoms with E-state index in [1.54, 1.807) is 12.2 Å². The predicted octanol–water partition coefficient (Wildman–Crippen LogP) is 2.43. The minimum absolute atomic E-state index is 0.861. The van der Waals surface area contributed by atoms with E-state index in [2.05, 4.69) is 6.58 Å². The average Bonchev–Trinajstić information content (AvgIpc) is 2.15. The molecule has 0 aliphatic rings. The van der Waals surface area contributed by atoms with E-state index < -0.39 is 5.97 Å². The van der Waals surface area contributed by atoms with Crippen LogP contribution in [0.4, 0.5) is 0 Å². The summed E-state index contributed by atoms with van der Waals surface area (Å²) in [5.41, 5.74) is 1.84. The first kappa shape index (κ1) is 9.26. The molecule has 0 amide bonds. The van der Waals surface area contributed by atoms with Crippen LogP contribution in [-0.4, -0.2) is 11.1 Å². The van der Waals surface area contributed by atoms with Crippen molar-refractivity contribution in [2.24, 2.45) is 0 Å². The Morgan fingerprint density at radius 1 is 1.38 bits per heavy atom. The Labute approximate surface area is 76.8 Å². The Morgan fingerprint density at radius 2 is 2.08 bits per heavy atom. The highest BCUT2D eigenvalue weighted by atomic mass is 16.4. The first-order valence-corrected chi connectivity index (χ1v) is 3.86. The Balaban J connectivity index is 2.89. The van der Waals surface area contributed by atoms with Gasteiger partial charge in [0, 0.05) is 6.08 Å². The molecule has 0 spiro atoms. The van der Waals surface area contributed by atoms with Gasteiger partial charge in [-0.25, -0.2) is 4.79 Å². The number of aliphatic carboxylic acids is 1. The van der Waals surface area contributed by atoms with Gasteiger partial charge < -0.3 is 5.11 Å². The number of benzene rings is 1. The summed E-state index contributed by atoms with van der Waals surface area (Å²) in [6.45, 7) is 3.63. The predicted molar refractivity (Wildman–Crippen MR) is 53.2 cm³/mol. The topological polar surface area (TPSA) is 37.3 Å². The van der Waals surface area contributed by atoms with Crippen molar-refractivity contribution in [3.05, 3.63) is 48.0 Å². The Morgan fingerprint density at radius 3 is 2.69 bits per heavy atom. The molecule has 0 unspecified atom stereocenters. The number of hydrogen-bond acceptors (Lipinski definition) is 1. The lowest BCUT2D eigenvalue weighted by Gasteiger charge is -1.94. The van der Waals surface area contributed by atoms with Crippen LogP contribution in [-0.2, 0) is 4.79 Å². The molecule has 0 radical (unpaired) electrons. The van der Waals surface area contributed by atoms with Gasteiger partial charge in [0.05, 0.1) is 0 Å². The largest absolute Gasteiger partial charge is 0.478 e. The Hall–Kier alpha value is -1.83. The van der Waals surface area contributed by atoms with E-state index in [4.69, 9.17) is 5.11 Å². The number of carbonyl (C=O) groups is 1. The van der Waals surface area contributed by atoms with E-state index in [0.29, 0.717) is 0 Å². The van der Waals surface area contributed by atoms with Gasteiger partial charge in [0.2, 0.25) is 0 Å². The maximum absolute atomic E-state index is 10.2. The summed E-state index contributed by atoms with van der Waals surface area (Å²) in [5, 5.41) is 8.39. The summed E-state index contributed by atoms with van der Waals surface area (Å²) >= 11 is 0. The molecular formula is C11H10O2. The molecule has 0 aliphatic heterocycles. The van der Waals surface area contributed by atoms with E-state index in [9.17, 15) is 4.79 Å². The van der Waals surface area contributed by atoms with E-state index in [1.807, 2.05) is 24.3 Å². The van der Waals surface area contributed by atoms with Crippen molar-refractivity contribution in [2.45, 2.75) is 0 Å². The molecule has 0 atom stereocenters. The molecule has 1 aromatic carbocycles. The minimum Gasteiger partial charge on any atom is -0.478 e. The van der Waals surface area contributed by atoms with Crippen LogP contribution in [0.3, 0.4) is 0 Å². The average molecular weight is 174 g/mol. The molecule has 2 heteroatoms. The summed E-state index contributed by atoms with van der Waals surface area (Å²) < 4.78 is 0. The first-order chi connectivity index (χ1) is 6.22. The third-order valence-corrected chi connectivity index (χ3v) is 1.56. The van der Waals surface area contributed by atoms with Crippen LogP contribution in [0.5, 0.6) is 0 Å². The third kappa shape index (κ3) is 2.95. The van der Waals surface area contributed by atoms with Crippen LogP contribution in [0.25, 0.3) is 12.2 Å². The fourth-order valence-corrected chi connectivity index (χ4v) is 0.957. The highest BCUT2D eigenvalue weighted by Crippen LogP contribution is 2.07. The van der Waals surface area contributed by atoms with Crippen LogP contribution >= 0.6 is 0 Å². The van der Waals surface area contributed by atoms with Gasteiger partial charge >= 0.3 is 5.97 Å². The van der Waals surface area contributed by atoms with Crippen molar-refractivity contribution in [1.29, 1.82) is 0 Å². The zero-order valence-corrected chi connectivity index (χ0v) is 7.10. The molecule has 0 bridgehead atoms. The second-order valence-electron chi connectivity index (χ2n) is 2.55. The van der Waals surface area contributed by atoms with Gasteiger partial charge in [-0.15, -0.1) is 0 Å². The van der Waals surface area contributed by atoms with Crippen molar-refractivity contribution in [1.82, 2.24) is 0 Å². The van der Waals surface area contributed by atoms with Crippen molar-refractivity contribution in [2.75, 3.05) is 0 Å². The van der Waals surface area contributed by atoms with E-state index in [0.717, 1.165) is 17.2 Å². The molecule has 2 nitrogen and oxygen atoms in total. The van der Waals surface area contributed by atoms with Crippen LogP contribution in [0.15, 0.2) is 36.9 Å². The maximum Gasteiger partial charge on any atom is 0.328 e. The fraction of sp³-hybridized carbons (Fsp3) is 0.